The molecule has 2 heterocycles. The van der Waals surface area contributed by atoms with Crippen LogP contribution in [0.2, 0.25) is 0 Å². The van der Waals surface area contributed by atoms with Crippen LogP contribution in [0.3, 0.4) is 0 Å². The Kier molecular flexibility index (Phi) is 5.63. The van der Waals surface area contributed by atoms with Gasteiger partial charge in [0.1, 0.15) is 5.76 Å². The Labute approximate surface area is 206 Å². The number of furan rings is 1. The molecule has 0 radical (unpaired) electrons. The summed E-state index contributed by atoms with van der Waals surface area (Å²) in [6.45, 7) is 13.5. The second kappa shape index (κ2) is 8.53. The lowest BCUT2D eigenvalue weighted by molar-refractivity contribution is 0.0990. The van der Waals surface area contributed by atoms with Crippen LogP contribution < -0.4 is 0 Å². The summed E-state index contributed by atoms with van der Waals surface area (Å²) in [5.74, 6) is 1.18. The first-order chi connectivity index (χ1) is 16.7. The monoisotopic (exact) mass is 465 g/mol. The fourth-order valence-corrected chi connectivity index (χ4v) is 5.21. The maximum absolute atomic E-state index is 13.0. The van der Waals surface area contributed by atoms with E-state index in [1.807, 2.05) is 19.1 Å². The highest BCUT2D eigenvalue weighted by Gasteiger charge is 2.33. The predicted octanol–water partition coefficient (Wildman–Crippen LogP) is 7.94. The number of carbonyl (C=O) groups is 2. The van der Waals surface area contributed by atoms with Crippen molar-refractivity contribution in [2.45, 2.75) is 59.9 Å². The third kappa shape index (κ3) is 3.68. The lowest BCUT2D eigenvalue weighted by Gasteiger charge is -2.18. The van der Waals surface area contributed by atoms with Gasteiger partial charge in [0, 0.05) is 41.1 Å². The molecule has 0 bridgehead atoms. The van der Waals surface area contributed by atoms with Crippen molar-refractivity contribution < 1.29 is 14.0 Å². The number of ketones is 2. The van der Waals surface area contributed by atoms with Gasteiger partial charge < -0.3 is 8.98 Å². The molecule has 178 valence electrons. The molecule has 35 heavy (non-hydrogen) atoms. The zero-order chi connectivity index (χ0) is 25.0. The van der Waals surface area contributed by atoms with Crippen LogP contribution >= 0.6 is 0 Å². The molecule has 0 aliphatic heterocycles. The summed E-state index contributed by atoms with van der Waals surface area (Å²) in [5.41, 5.74) is 8.40. The van der Waals surface area contributed by atoms with Crippen LogP contribution in [0.25, 0.3) is 28.5 Å². The summed E-state index contributed by atoms with van der Waals surface area (Å²) in [4.78, 5) is 26.0. The molecule has 2 aromatic carbocycles. The van der Waals surface area contributed by atoms with Gasteiger partial charge in [-0.3, -0.25) is 9.59 Å². The van der Waals surface area contributed by atoms with Crippen molar-refractivity contribution in [1.29, 1.82) is 0 Å². The first-order valence-corrected chi connectivity index (χ1v) is 12.4. The lowest BCUT2D eigenvalue weighted by Crippen LogP contribution is -2.03. The Bertz CT molecular complexity index is 1500. The van der Waals surface area contributed by atoms with Crippen LogP contribution in [0.5, 0.6) is 0 Å². The summed E-state index contributed by atoms with van der Waals surface area (Å²) < 4.78 is 8.54. The summed E-state index contributed by atoms with van der Waals surface area (Å²) in [7, 11) is 0. The molecule has 0 amide bonds. The van der Waals surface area contributed by atoms with Crippen molar-refractivity contribution >= 4 is 28.7 Å². The van der Waals surface area contributed by atoms with E-state index in [0.717, 1.165) is 28.1 Å². The Hall–Kier alpha value is -3.66. The molecule has 0 saturated carbocycles. The number of aryl methyl sites for hydroxylation is 2. The number of fused-ring (bicyclic) bond motifs is 2. The summed E-state index contributed by atoms with van der Waals surface area (Å²) in [6, 6.07) is 16.0. The van der Waals surface area contributed by atoms with Crippen LogP contribution in [0, 0.1) is 6.92 Å². The molecular formula is C31H31NO3. The maximum Gasteiger partial charge on any atom is 0.197 e. The molecule has 0 fully saturated rings. The van der Waals surface area contributed by atoms with Gasteiger partial charge in [-0.2, -0.15) is 0 Å². The van der Waals surface area contributed by atoms with E-state index in [1.165, 1.54) is 16.7 Å². The van der Waals surface area contributed by atoms with Gasteiger partial charge >= 0.3 is 0 Å². The predicted molar refractivity (Wildman–Crippen MR) is 141 cm³/mol. The Morgan fingerprint density at radius 1 is 0.886 bits per heavy atom. The van der Waals surface area contributed by atoms with E-state index in [1.54, 1.807) is 18.2 Å². The number of Topliss-reactive ketones (excluding diaryl/α,β-unsaturated/α-hetero) is 2. The third-order valence-electron chi connectivity index (χ3n) is 7.00. The van der Waals surface area contributed by atoms with Crippen molar-refractivity contribution in [2.24, 2.45) is 0 Å². The summed E-state index contributed by atoms with van der Waals surface area (Å²) in [5, 5.41) is 0. The first kappa shape index (κ1) is 23.1. The number of carbonyl (C=O) groups excluding carboxylic acids is 2. The van der Waals surface area contributed by atoms with Gasteiger partial charge in [0.05, 0.1) is 11.1 Å². The maximum atomic E-state index is 13.0. The molecule has 5 rings (SSSR count). The Balaban J connectivity index is 1.63. The number of hydrogen-bond donors (Lipinski definition) is 0. The quantitative estimate of drug-likeness (QED) is 0.222. The molecule has 0 N–H and O–H groups in total. The van der Waals surface area contributed by atoms with Gasteiger partial charge in [0.2, 0.25) is 0 Å². The fourth-order valence-electron chi connectivity index (χ4n) is 5.21. The minimum atomic E-state index is -0.210. The summed E-state index contributed by atoms with van der Waals surface area (Å²) >= 11 is 0. The largest absolute Gasteiger partial charge is 0.454 e. The average Bonchev–Trinajstić information content (AvgIpc) is 3.44. The number of aromatic nitrogens is 1. The second-order valence-electron chi connectivity index (χ2n) is 10.1. The van der Waals surface area contributed by atoms with Gasteiger partial charge in [-0.05, 0) is 49.0 Å². The molecule has 2 aromatic heterocycles. The molecule has 0 atom stereocenters. The molecular weight excluding hydrogens is 434 g/mol. The molecule has 4 nitrogen and oxygen atoms in total. The highest BCUT2D eigenvalue weighted by Crippen LogP contribution is 2.40. The molecule has 0 spiro atoms. The van der Waals surface area contributed by atoms with E-state index in [0.29, 0.717) is 29.5 Å². The van der Waals surface area contributed by atoms with Gasteiger partial charge in [0.25, 0.3) is 0 Å². The molecule has 1 aliphatic rings. The van der Waals surface area contributed by atoms with Crippen LogP contribution in [0.4, 0.5) is 0 Å². The minimum Gasteiger partial charge on any atom is -0.454 e. The number of hydrogen-bond acceptors (Lipinski definition) is 3. The Morgan fingerprint density at radius 2 is 1.54 bits per heavy atom. The molecule has 1 aliphatic carbocycles. The van der Waals surface area contributed by atoms with Gasteiger partial charge in [-0.15, -0.1) is 0 Å². The number of allylic oxidation sites excluding steroid dienone is 1. The fraction of sp³-hybridized carbons (Fsp3) is 0.290. The van der Waals surface area contributed by atoms with Gasteiger partial charge in [-0.25, -0.2) is 0 Å². The second-order valence-corrected chi connectivity index (χ2v) is 10.1. The summed E-state index contributed by atoms with van der Waals surface area (Å²) in [6.07, 6.45) is 1.72. The molecule has 0 saturated heterocycles. The van der Waals surface area contributed by atoms with Crippen LogP contribution in [-0.4, -0.2) is 16.1 Å². The van der Waals surface area contributed by atoms with E-state index < -0.39 is 0 Å². The number of rotatable bonds is 5. The van der Waals surface area contributed by atoms with Crippen molar-refractivity contribution in [3.63, 3.8) is 0 Å². The molecule has 0 unspecified atom stereocenters. The van der Waals surface area contributed by atoms with Crippen LogP contribution in [0.15, 0.2) is 58.5 Å². The topological polar surface area (TPSA) is 52.2 Å². The average molecular weight is 466 g/mol. The van der Waals surface area contributed by atoms with Crippen molar-refractivity contribution in [3.05, 3.63) is 87.6 Å². The van der Waals surface area contributed by atoms with Gasteiger partial charge in [0.15, 0.2) is 17.1 Å². The zero-order valence-corrected chi connectivity index (χ0v) is 21.2. The van der Waals surface area contributed by atoms with E-state index >= 15 is 0 Å². The van der Waals surface area contributed by atoms with Crippen LogP contribution in [0.1, 0.15) is 89.6 Å². The smallest absolute Gasteiger partial charge is 0.197 e. The SMILES string of the molecule is CCn1c(/C=C2/C(=O)c3ccc(C)cc3C2=O)cc2oc(-c3c(C(C)C)cccc3C(C)C)cc21. The van der Waals surface area contributed by atoms with E-state index in [2.05, 4.69) is 63.5 Å². The van der Waals surface area contributed by atoms with Gasteiger partial charge in [-0.1, -0.05) is 63.6 Å². The highest BCUT2D eigenvalue weighted by molar-refractivity contribution is 6.41. The Morgan fingerprint density at radius 3 is 2.17 bits per heavy atom. The third-order valence-corrected chi connectivity index (χ3v) is 7.00. The van der Waals surface area contributed by atoms with E-state index in [-0.39, 0.29) is 17.1 Å². The number of nitrogens with zero attached hydrogens (tertiary/aromatic N) is 1. The lowest BCUT2D eigenvalue weighted by atomic mass is 9.87. The normalized spacial score (nSPS) is 14.8. The van der Waals surface area contributed by atoms with Crippen molar-refractivity contribution in [3.8, 4) is 11.3 Å². The van der Waals surface area contributed by atoms with Crippen LogP contribution in [-0.2, 0) is 6.54 Å². The first-order valence-electron chi connectivity index (χ1n) is 12.4. The van der Waals surface area contributed by atoms with Crippen molar-refractivity contribution in [1.82, 2.24) is 4.57 Å². The number of benzene rings is 2. The minimum absolute atomic E-state index is 0.206. The molecule has 4 aromatic rings. The molecule has 4 heteroatoms. The van der Waals surface area contributed by atoms with E-state index in [4.69, 9.17) is 4.42 Å². The standard InChI is InChI=1S/C31H31NO3/c1-7-32-20(14-25-30(33)23-12-11-19(6)13-24(23)31(25)34)15-27-26(32)16-28(35-27)29-21(17(2)3)9-8-10-22(29)18(4)5/h8-18H,7H2,1-6H3/b25-14-. The van der Waals surface area contributed by atoms with E-state index in [9.17, 15) is 9.59 Å². The highest BCUT2D eigenvalue weighted by atomic mass is 16.3. The zero-order valence-electron chi connectivity index (χ0n) is 21.2. The van der Waals surface area contributed by atoms with Crippen molar-refractivity contribution in [2.75, 3.05) is 0 Å².